The molecule has 0 bridgehead atoms. The molecule has 0 spiro atoms. The second kappa shape index (κ2) is 6.64. The highest BCUT2D eigenvalue weighted by Crippen LogP contribution is 2.31. The van der Waals surface area contributed by atoms with Crippen LogP contribution < -0.4 is 15.2 Å². The monoisotopic (exact) mass is 264 g/mol. The smallest absolute Gasteiger partial charge is 0.240 e. The molecule has 0 saturated heterocycles. The second-order valence-electron chi connectivity index (χ2n) is 5.68. The molecule has 2 N–H and O–H groups in total. The summed E-state index contributed by atoms with van der Waals surface area (Å²) < 4.78 is 11.3. The Bertz CT molecular complexity index is 403. The molecule has 0 amide bonds. The van der Waals surface area contributed by atoms with Crippen LogP contribution in [0.15, 0.2) is 12.1 Å². The molecular weight excluding hydrogens is 240 g/mol. The van der Waals surface area contributed by atoms with Gasteiger partial charge in [-0.2, -0.15) is 4.98 Å². The molecule has 106 valence electrons. The molecule has 0 atom stereocenters. The van der Waals surface area contributed by atoms with Crippen LogP contribution in [-0.2, 0) is 0 Å². The maximum Gasteiger partial charge on any atom is 0.240 e. The van der Waals surface area contributed by atoms with Gasteiger partial charge in [-0.1, -0.05) is 13.8 Å². The molecule has 0 unspecified atom stereocenters. The van der Waals surface area contributed by atoms with Crippen molar-refractivity contribution in [2.75, 3.05) is 18.9 Å². The summed E-state index contributed by atoms with van der Waals surface area (Å²) in [6.45, 7) is 5.84. The third-order valence-electron chi connectivity index (χ3n) is 3.19. The van der Waals surface area contributed by atoms with Crippen LogP contribution in [0.1, 0.15) is 39.5 Å². The minimum Gasteiger partial charge on any atom is -0.478 e. The van der Waals surface area contributed by atoms with Gasteiger partial charge in [0.05, 0.1) is 18.9 Å². The standard InChI is InChI=1S/C15H24N2O2/c1-11(2)4-3-9-18-14-8-7-13(16)15(17-14)19-10-12-5-6-12/h7-8,11-12H,3-6,9-10,16H2,1-2H3. The molecule has 19 heavy (non-hydrogen) atoms. The molecule has 4 heteroatoms. The number of nitrogen functional groups attached to an aromatic ring is 1. The average Bonchev–Trinajstić information content (AvgIpc) is 3.18. The Balaban J connectivity index is 1.80. The first kappa shape index (κ1) is 14.0. The summed E-state index contributed by atoms with van der Waals surface area (Å²) in [4.78, 5) is 4.32. The molecule has 2 rings (SSSR count). The minimum absolute atomic E-state index is 0.508. The minimum atomic E-state index is 0.508. The lowest BCUT2D eigenvalue weighted by molar-refractivity contribution is 0.265. The van der Waals surface area contributed by atoms with E-state index in [1.807, 2.05) is 0 Å². The molecule has 1 fully saturated rings. The third-order valence-corrected chi connectivity index (χ3v) is 3.19. The Morgan fingerprint density at radius 1 is 1.32 bits per heavy atom. The van der Waals surface area contributed by atoms with E-state index in [9.17, 15) is 0 Å². The van der Waals surface area contributed by atoms with E-state index in [2.05, 4.69) is 18.8 Å². The Morgan fingerprint density at radius 2 is 2.11 bits per heavy atom. The van der Waals surface area contributed by atoms with Crippen LogP contribution in [0.25, 0.3) is 0 Å². The van der Waals surface area contributed by atoms with Gasteiger partial charge in [-0.05, 0) is 43.6 Å². The fraction of sp³-hybridized carbons (Fsp3) is 0.667. The van der Waals surface area contributed by atoms with Crippen LogP contribution in [-0.4, -0.2) is 18.2 Å². The lowest BCUT2D eigenvalue weighted by Gasteiger charge is -2.10. The summed E-state index contributed by atoms with van der Waals surface area (Å²) in [7, 11) is 0. The largest absolute Gasteiger partial charge is 0.478 e. The molecule has 1 aliphatic rings. The van der Waals surface area contributed by atoms with Gasteiger partial charge in [0.2, 0.25) is 11.8 Å². The quantitative estimate of drug-likeness (QED) is 0.732. The molecule has 4 nitrogen and oxygen atoms in total. The van der Waals surface area contributed by atoms with Gasteiger partial charge in [-0.25, -0.2) is 0 Å². The van der Waals surface area contributed by atoms with Crippen LogP contribution >= 0.6 is 0 Å². The van der Waals surface area contributed by atoms with E-state index in [-0.39, 0.29) is 0 Å². The van der Waals surface area contributed by atoms with E-state index in [4.69, 9.17) is 15.2 Å². The lowest BCUT2D eigenvalue weighted by Crippen LogP contribution is -2.06. The molecule has 1 aliphatic carbocycles. The summed E-state index contributed by atoms with van der Waals surface area (Å²) in [5, 5.41) is 0. The van der Waals surface area contributed by atoms with Crippen molar-refractivity contribution >= 4 is 5.69 Å². The normalized spacial score (nSPS) is 14.7. The molecule has 0 radical (unpaired) electrons. The predicted molar refractivity (Wildman–Crippen MR) is 76.4 cm³/mol. The number of pyridine rings is 1. The van der Waals surface area contributed by atoms with E-state index in [1.165, 1.54) is 19.3 Å². The van der Waals surface area contributed by atoms with Gasteiger partial charge in [0.25, 0.3) is 0 Å². The SMILES string of the molecule is CC(C)CCCOc1ccc(N)c(OCC2CC2)n1. The van der Waals surface area contributed by atoms with E-state index >= 15 is 0 Å². The van der Waals surface area contributed by atoms with Crippen molar-refractivity contribution < 1.29 is 9.47 Å². The van der Waals surface area contributed by atoms with Crippen molar-refractivity contribution in [3.8, 4) is 11.8 Å². The molecule has 1 aromatic rings. The number of ether oxygens (including phenoxy) is 2. The van der Waals surface area contributed by atoms with E-state index in [1.54, 1.807) is 12.1 Å². The lowest BCUT2D eigenvalue weighted by atomic mass is 10.1. The summed E-state index contributed by atoms with van der Waals surface area (Å²) in [6, 6.07) is 3.60. The first-order chi connectivity index (χ1) is 9.15. The van der Waals surface area contributed by atoms with Crippen molar-refractivity contribution in [1.82, 2.24) is 4.98 Å². The van der Waals surface area contributed by atoms with Gasteiger partial charge < -0.3 is 15.2 Å². The van der Waals surface area contributed by atoms with Gasteiger partial charge in [0.15, 0.2) is 0 Å². The van der Waals surface area contributed by atoms with Crippen LogP contribution in [0.5, 0.6) is 11.8 Å². The van der Waals surface area contributed by atoms with Crippen LogP contribution in [0.4, 0.5) is 5.69 Å². The molecular formula is C15H24N2O2. The number of anilines is 1. The average molecular weight is 264 g/mol. The highest BCUT2D eigenvalue weighted by atomic mass is 16.5. The Labute approximate surface area is 115 Å². The van der Waals surface area contributed by atoms with Gasteiger partial charge in [0.1, 0.15) is 0 Å². The summed E-state index contributed by atoms with van der Waals surface area (Å²) in [6.07, 6.45) is 4.72. The topological polar surface area (TPSA) is 57.4 Å². The summed E-state index contributed by atoms with van der Waals surface area (Å²) in [5.41, 5.74) is 6.43. The number of aromatic nitrogens is 1. The molecule has 1 saturated carbocycles. The van der Waals surface area contributed by atoms with E-state index in [0.29, 0.717) is 42.5 Å². The van der Waals surface area contributed by atoms with Gasteiger partial charge in [0, 0.05) is 6.07 Å². The van der Waals surface area contributed by atoms with Crippen molar-refractivity contribution in [2.45, 2.75) is 39.5 Å². The fourth-order valence-electron chi connectivity index (χ4n) is 1.78. The third kappa shape index (κ3) is 4.97. The number of nitrogens with zero attached hydrogens (tertiary/aromatic N) is 1. The van der Waals surface area contributed by atoms with E-state index in [0.717, 1.165) is 6.42 Å². The van der Waals surface area contributed by atoms with Gasteiger partial charge >= 0.3 is 0 Å². The Morgan fingerprint density at radius 3 is 2.79 bits per heavy atom. The fourth-order valence-corrected chi connectivity index (χ4v) is 1.78. The zero-order chi connectivity index (χ0) is 13.7. The highest BCUT2D eigenvalue weighted by molar-refractivity contribution is 5.49. The van der Waals surface area contributed by atoms with Crippen LogP contribution in [0.3, 0.4) is 0 Å². The summed E-state index contributed by atoms with van der Waals surface area (Å²) in [5.74, 6) is 2.51. The molecule has 1 heterocycles. The second-order valence-corrected chi connectivity index (χ2v) is 5.68. The number of hydrogen-bond acceptors (Lipinski definition) is 4. The van der Waals surface area contributed by atoms with Crippen molar-refractivity contribution in [2.24, 2.45) is 11.8 Å². The predicted octanol–water partition coefficient (Wildman–Crippen LogP) is 3.27. The van der Waals surface area contributed by atoms with E-state index < -0.39 is 0 Å². The van der Waals surface area contributed by atoms with Crippen molar-refractivity contribution in [3.63, 3.8) is 0 Å². The van der Waals surface area contributed by atoms with Crippen molar-refractivity contribution in [3.05, 3.63) is 12.1 Å². The van der Waals surface area contributed by atoms with Crippen LogP contribution in [0, 0.1) is 11.8 Å². The number of rotatable bonds is 8. The van der Waals surface area contributed by atoms with Gasteiger partial charge in [-0.15, -0.1) is 0 Å². The first-order valence-corrected chi connectivity index (χ1v) is 7.17. The maximum absolute atomic E-state index is 5.85. The number of nitrogens with two attached hydrogens (primary N) is 1. The van der Waals surface area contributed by atoms with Crippen LogP contribution in [0.2, 0.25) is 0 Å². The highest BCUT2D eigenvalue weighted by Gasteiger charge is 2.22. The maximum atomic E-state index is 5.85. The van der Waals surface area contributed by atoms with Crippen molar-refractivity contribution in [1.29, 1.82) is 0 Å². The molecule has 1 aromatic heterocycles. The number of hydrogen-bond donors (Lipinski definition) is 1. The summed E-state index contributed by atoms with van der Waals surface area (Å²) >= 11 is 0. The molecule has 0 aromatic carbocycles. The zero-order valence-electron chi connectivity index (χ0n) is 11.9. The Kier molecular flexibility index (Phi) is 4.88. The molecule has 0 aliphatic heterocycles. The Hall–Kier alpha value is -1.45. The zero-order valence-corrected chi connectivity index (χ0v) is 11.9. The first-order valence-electron chi connectivity index (χ1n) is 7.17. The van der Waals surface area contributed by atoms with Gasteiger partial charge in [-0.3, -0.25) is 0 Å².